The van der Waals surface area contributed by atoms with E-state index < -0.39 is 9.84 Å². The van der Waals surface area contributed by atoms with E-state index in [1.807, 2.05) is 0 Å². The molecule has 3 rings (SSSR count). The highest BCUT2D eigenvalue weighted by Gasteiger charge is 2.59. The SMILES string of the molecule is CC1(C)C(NC2CCCS(=O)(=O)C2)[C@]2(C)CC[C@H]1C2. The molecule has 4 heteroatoms. The Bertz CT molecular complexity index is 466. The lowest BCUT2D eigenvalue weighted by Crippen LogP contribution is -2.56. The van der Waals surface area contributed by atoms with Crippen LogP contribution in [0.2, 0.25) is 0 Å². The fourth-order valence-electron chi connectivity index (χ4n) is 5.11. The molecule has 2 aliphatic carbocycles. The fourth-order valence-corrected chi connectivity index (χ4v) is 6.76. The minimum Gasteiger partial charge on any atom is -0.309 e. The van der Waals surface area contributed by atoms with Gasteiger partial charge < -0.3 is 5.32 Å². The summed E-state index contributed by atoms with van der Waals surface area (Å²) in [4.78, 5) is 0. The van der Waals surface area contributed by atoms with Crippen molar-refractivity contribution in [3.8, 4) is 0 Å². The quantitative estimate of drug-likeness (QED) is 0.847. The van der Waals surface area contributed by atoms with Crippen molar-refractivity contribution in [2.24, 2.45) is 16.7 Å². The third kappa shape index (κ3) is 2.25. The Morgan fingerprint density at radius 1 is 1.16 bits per heavy atom. The molecule has 1 heterocycles. The van der Waals surface area contributed by atoms with E-state index in [-0.39, 0.29) is 6.04 Å². The molecular formula is C15H27NO2S. The Hall–Kier alpha value is -0.0900. The molecule has 2 saturated carbocycles. The maximum Gasteiger partial charge on any atom is 0.151 e. The second-order valence-electron chi connectivity index (χ2n) is 7.97. The van der Waals surface area contributed by atoms with Crippen molar-refractivity contribution in [2.75, 3.05) is 11.5 Å². The lowest BCUT2D eigenvalue weighted by Gasteiger charge is -2.45. The zero-order valence-electron chi connectivity index (χ0n) is 12.4. The molecule has 0 radical (unpaired) electrons. The summed E-state index contributed by atoms with van der Waals surface area (Å²) in [6.45, 7) is 7.14. The monoisotopic (exact) mass is 285 g/mol. The van der Waals surface area contributed by atoms with Gasteiger partial charge in [-0.2, -0.15) is 0 Å². The third-order valence-electron chi connectivity index (χ3n) is 6.14. The van der Waals surface area contributed by atoms with E-state index in [1.54, 1.807) is 0 Å². The molecule has 0 aromatic heterocycles. The third-order valence-corrected chi connectivity index (χ3v) is 7.96. The molecule has 0 aromatic rings. The Balaban J connectivity index is 1.76. The van der Waals surface area contributed by atoms with Crippen molar-refractivity contribution in [2.45, 2.75) is 65.0 Å². The Morgan fingerprint density at radius 3 is 2.47 bits per heavy atom. The standard InChI is InChI=1S/C15H27NO2S/c1-14(2)11-6-7-15(3,9-11)13(14)16-12-5-4-8-19(17,18)10-12/h11-13,16H,4-10H2,1-3H3/t11-,12?,13?,15+/m0/s1. The summed E-state index contributed by atoms with van der Waals surface area (Å²) in [6, 6.07) is 0.663. The minimum atomic E-state index is -2.81. The molecule has 4 atom stereocenters. The highest BCUT2D eigenvalue weighted by molar-refractivity contribution is 7.91. The zero-order chi connectivity index (χ0) is 13.9. The number of sulfone groups is 1. The van der Waals surface area contributed by atoms with Crippen molar-refractivity contribution < 1.29 is 8.42 Å². The zero-order valence-corrected chi connectivity index (χ0v) is 13.2. The van der Waals surface area contributed by atoms with Gasteiger partial charge in [0.15, 0.2) is 9.84 Å². The van der Waals surface area contributed by atoms with Gasteiger partial charge in [-0.25, -0.2) is 8.42 Å². The van der Waals surface area contributed by atoms with Crippen LogP contribution in [0.25, 0.3) is 0 Å². The molecule has 0 aromatic carbocycles. The van der Waals surface area contributed by atoms with Crippen LogP contribution in [-0.2, 0) is 9.84 Å². The highest BCUT2D eigenvalue weighted by Crippen LogP contribution is 2.62. The van der Waals surface area contributed by atoms with Gasteiger partial charge in [-0.15, -0.1) is 0 Å². The molecule has 3 aliphatic rings. The van der Waals surface area contributed by atoms with Crippen LogP contribution in [0.3, 0.4) is 0 Å². The first-order valence-corrected chi connectivity index (χ1v) is 9.52. The summed E-state index contributed by atoms with van der Waals surface area (Å²) >= 11 is 0. The topological polar surface area (TPSA) is 46.2 Å². The molecule has 110 valence electrons. The van der Waals surface area contributed by atoms with Crippen molar-refractivity contribution in [3.63, 3.8) is 0 Å². The van der Waals surface area contributed by atoms with Gasteiger partial charge in [0, 0.05) is 12.1 Å². The number of hydrogen-bond acceptors (Lipinski definition) is 3. The van der Waals surface area contributed by atoms with Crippen LogP contribution in [0.4, 0.5) is 0 Å². The van der Waals surface area contributed by atoms with Crippen molar-refractivity contribution in [3.05, 3.63) is 0 Å². The second-order valence-corrected chi connectivity index (χ2v) is 10.2. The normalized spacial score (nSPS) is 47.4. The first kappa shape index (κ1) is 13.9. The van der Waals surface area contributed by atoms with Gasteiger partial charge in [0.2, 0.25) is 0 Å². The van der Waals surface area contributed by atoms with Crippen LogP contribution in [0.15, 0.2) is 0 Å². The average Bonchev–Trinajstić information content (AvgIpc) is 2.74. The molecule has 1 saturated heterocycles. The molecule has 2 unspecified atom stereocenters. The molecule has 1 aliphatic heterocycles. The average molecular weight is 285 g/mol. The van der Waals surface area contributed by atoms with Gasteiger partial charge >= 0.3 is 0 Å². The predicted molar refractivity (Wildman–Crippen MR) is 77.8 cm³/mol. The lowest BCUT2D eigenvalue weighted by atomic mass is 9.68. The second kappa shape index (κ2) is 4.20. The van der Waals surface area contributed by atoms with Crippen LogP contribution in [0.1, 0.15) is 52.9 Å². The van der Waals surface area contributed by atoms with E-state index in [4.69, 9.17) is 0 Å². The summed E-state index contributed by atoms with van der Waals surface area (Å²) in [5.41, 5.74) is 0.698. The number of nitrogens with one attached hydrogen (secondary N) is 1. The van der Waals surface area contributed by atoms with Crippen molar-refractivity contribution in [1.29, 1.82) is 0 Å². The van der Waals surface area contributed by atoms with E-state index in [0.717, 1.165) is 18.8 Å². The Kier molecular flexibility index (Phi) is 3.07. The van der Waals surface area contributed by atoms with Crippen LogP contribution < -0.4 is 5.32 Å². The first-order valence-electron chi connectivity index (χ1n) is 7.69. The largest absolute Gasteiger partial charge is 0.309 e. The number of fused-ring (bicyclic) bond motifs is 2. The van der Waals surface area contributed by atoms with Gasteiger partial charge in [-0.1, -0.05) is 20.8 Å². The van der Waals surface area contributed by atoms with Gasteiger partial charge in [0.1, 0.15) is 0 Å². The molecule has 3 fully saturated rings. The highest BCUT2D eigenvalue weighted by atomic mass is 32.2. The van der Waals surface area contributed by atoms with Crippen LogP contribution in [0, 0.1) is 16.7 Å². The molecule has 0 amide bonds. The molecular weight excluding hydrogens is 258 g/mol. The van der Waals surface area contributed by atoms with Gasteiger partial charge in [-0.3, -0.25) is 0 Å². The van der Waals surface area contributed by atoms with Crippen molar-refractivity contribution in [1.82, 2.24) is 5.32 Å². The van der Waals surface area contributed by atoms with Gasteiger partial charge in [0.05, 0.1) is 11.5 Å². The van der Waals surface area contributed by atoms with E-state index in [2.05, 4.69) is 26.1 Å². The summed E-state index contributed by atoms with van der Waals surface area (Å²) in [6.07, 6.45) is 5.82. The van der Waals surface area contributed by atoms with E-state index in [0.29, 0.717) is 28.4 Å². The fraction of sp³-hybridized carbons (Fsp3) is 1.00. The lowest BCUT2D eigenvalue weighted by molar-refractivity contribution is 0.0989. The molecule has 2 bridgehead atoms. The molecule has 19 heavy (non-hydrogen) atoms. The minimum absolute atomic E-state index is 0.180. The molecule has 0 spiro atoms. The molecule has 3 nitrogen and oxygen atoms in total. The summed E-state index contributed by atoms with van der Waals surface area (Å²) in [5, 5.41) is 3.76. The smallest absolute Gasteiger partial charge is 0.151 e. The summed E-state index contributed by atoms with van der Waals surface area (Å²) in [5.74, 6) is 1.55. The summed E-state index contributed by atoms with van der Waals surface area (Å²) < 4.78 is 23.6. The Morgan fingerprint density at radius 2 is 1.89 bits per heavy atom. The van der Waals surface area contributed by atoms with E-state index in [9.17, 15) is 8.42 Å². The maximum absolute atomic E-state index is 11.8. The van der Waals surface area contributed by atoms with E-state index in [1.165, 1.54) is 19.3 Å². The number of hydrogen-bond donors (Lipinski definition) is 1. The van der Waals surface area contributed by atoms with Gasteiger partial charge in [-0.05, 0) is 48.9 Å². The Labute approximate surface area is 117 Å². The first-order chi connectivity index (χ1) is 8.73. The maximum atomic E-state index is 11.8. The van der Waals surface area contributed by atoms with Crippen LogP contribution >= 0.6 is 0 Å². The number of rotatable bonds is 2. The summed E-state index contributed by atoms with van der Waals surface area (Å²) in [7, 11) is -2.81. The molecule has 1 N–H and O–H groups in total. The van der Waals surface area contributed by atoms with Crippen LogP contribution in [-0.4, -0.2) is 32.0 Å². The van der Waals surface area contributed by atoms with Crippen LogP contribution in [0.5, 0.6) is 0 Å². The predicted octanol–water partition coefficient (Wildman–Crippen LogP) is 2.37. The van der Waals surface area contributed by atoms with Gasteiger partial charge in [0.25, 0.3) is 0 Å². The van der Waals surface area contributed by atoms with Crippen molar-refractivity contribution >= 4 is 9.84 Å². The van der Waals surface area contributed by atoms with E-state index >= 15 is 0 Å².